The molecule has 3 rings (SSSR count). The van der Waals surface area contributed by atoms with E-state index in [1.807, 2.05) is 53.2 Å². The molecule has 30 heavy (non-hydrogen) atoms. The zero-order valence-corrected chi connectivity index (χ0v) is 18.0. The van der Waals surface area contributed by atoms with E-state index in [-0.39, 0.29) is 5.91 Å². The zero-order chi connectivity index (χ0) is 21.2. The third-order valence-electron chi connectivity index (χ3n) is 5.35. The maximum atomic E-state index is 12.6. The summed E-state index contributed by atoms with van der Waals surface area (Å²) in [5.41, 5.74) is 2.64. The molecule has 2 aromatic rings. The number of hydrogen-bond donors (Lipinski definition) is 1. The Labute approximate surface area is 179 Å². The first-order valence-corrected chi connectivity index (χ1v) is 10.6. The third kappa shape index (κ3) is 6.24. The average molecular weight is 409 g/mol. The number of guanidine groups is 1. The number of carbonyl (C=O) groups excluding carboxylic acids is 1. The first kappa shape index (κ1) is 21.7. The van der Waals surface area contributed by atoms with Crippen molar-refractivity contribution in [2.24, 2.45) is 4.99 Å². The van der Waals surface area contributed by atoms with Crippen LogP contribution in [0, 0.1) is 0 Å². The Bertz CT molecular complexity index is 838. The van der Waals surface area contributed by atoms with Crippen molar-refractivity contribution in [3.8, 4) is 5.75 Å². The van der Waals surface area contributed by atoms with Gasteiger partial charge in [0, 0.05) is 40.2 Å². The molecule has 0 saturated heterocycles. The van der Waals surface area contributed by atoms with E-state index in [1.54, 1.807) is 7.05 Å². The van der Waals surface area contributed by atoms with Crippen LogP contribution in [0.25, 0.3) is 0 Å². The van der Waals surface area contributed by atoms with Gasteiger partial charge in [0.05, 0.1) is 6.54 Å². The van der Waals surface area contributed by atoms with Gasteiger partial charge in [0.2, 0.25) is 5.91 Å². The van der Waals surface area contributed by atoms with Crippen LogP contribution in [0.3, 0.4) is 0 Å². The maximum absolute atomic E-state index is 12.6. The highest BCUT2D eigenvalue weighted by molar-refractivity contribution is 5.80. The fourth-order valence-corrected chi connectivity index (χ4v) is 3.61. The summed E-state index contributed by atoms with van der Waals surface area (Å²) in [6.45, 7) is 3.56. The molecule has 2 aromatic carbocycles. The summed E-state index contributed by atoms with van der Waals surface area (Å²) in [5.74, 6) is 1.91. The van der Waals surface area contributed by atoms with E-state index in [2.05, 4.69) is 28.5 Å². The lowest BCUT2D eigenvalue weighted by Crippen LogP contribution is -2.41. The number of aliphatic imine (C=N–C) groups is 1. The molecule has 1 aliphatic heterocycles. The zero-order valence-electron chi connectivity index (χ0n) is 18.0. The van der Waals surface area contributed by atoms with Gasteiger partial charge in [-0.3, -0.25) is 9.79 Å². The minimum Gasteiger partial charge on any atom is -0.492 e. The Kier molecular flexibility index (Phi) is 8.12. The second-order valence-electron chi connectivity index (χ2n) is 7.49. The van der Waals surface area contributed by atoms with Gasteiger partial charge in [0.25, 0.3) is 0 Å². The van der Waals surface area contributed by atoms with Crippen molar-refractivity contribution >= 4 is 11.9 Å². The molecule has 6 nitrogen and oxygen atoms in total. The van der Waals surface area contributed by atoms with Crippen molar-refractivity contribution in [3.05, 3.63) is 65.7 Å². The molecule has 0 aromatic heterocycles. The largest absolute Gasteiger partial charge is 0.492 e. The Morgan fingerprint density at radius 3 is 2.63 bits per heavy atom. The van der Waals surface area contributed by atoms with Crippen molar-refractivity contribution in [1.29, 1.82) is 0 Å². The van der Waals surface area contributed by atoms with E-state index in [9.17, 15) is 4.79 Å². The number of hydrogen-bond acceptors (Lipinski definition) is 3. The smallest absolute Gasteiger partial charge is 0.222 e. The van der Waals surface area contributed by atoms with Crippen LogP contribution in [0.2, 0.25) is 0 Å². The Balaban J connectivity index is 1.34. The quantitative estimate of drug-likeness (QED) is 0.415. The van der Waals surface area contributed by atoms with Gasteiger partial charge >= 0.3 is 0 Å². The van der Waals surface area contributed by atoms with Crippen LogP contribution in [-0.2, 0) is 17.8 Å². The topological polar surface area (TPSA) is 57.2 Å². The maximum Gasteiger partial charge on any atom is 0.222 e. The van der Waals surface area contributed by atoms with Crippen molar-refractivity contribution < 1.29 is 9.53 Å². The van der Waals surface area contributed by atoms with Crippen LogP contribution in [0.1, 0.15) is 24.0 Å². The molecular formula is C24H32N4O2. The summed E-state index contributed by atoms with van der Waals surface area (Å²) in [5, 5.41) is 3.34. The molecule has 6 heteroatoms. The van der Waals surface area contributed by atoms with E-state index < -0.39 is 0 Å². The lowest BCUT2D eigenvalue weighted by atomic mass is 9.99. The molecule has 0 radical (unpaired) electrons. The molecular weight excluding hydrogens is 376 g/mol. The number of likely N-dealkylation sites (N-methyl/N-ethyl adjacent to an activating group) is 1. The normalized spacial score (nSPS) is 13.5. The highest BCUT2D eigenvalue weighted by Crippen LogP contribution is 2.19. The van der Waals surface area contributed by atoms with E-state index in [0.29, 0.717) is 19.6 Å². The SMILES string of the molecule is CN=C(NCCCC(=O)N1CCc2ccccc2C1)N(C)CCOc1ccccc1. The van der Waals surface area contributed by atoms with Gasteiger partial charge in [-0.15, -0.1) is 0 Å². The highest BCUT2D eigenvalue weighted by Gasteiger charge is 2.19. The van der Waals surface area contributed by atoms with E-state index in [4.69, 9.17) is 4.74 Å². The molecule has 1 heterocycles. The molecule has 0 aliphatic carbocycles. The van der Waals surface area contributed by atoms with Gasteiger partial charge in [-0.25, -0.2) is 0 Å². The number of ether oxygens (including phenoxy) is 1. The molecule has 0 bridgehead atoms. The number of benzene rings is 2. The summed E-state index contributed by atoms with van der Waals surface area (Å²) in [4.78, 5) is 20.9. The van der Waals surface area contributed by atoms with E-state index in [1.165, 1.54) is 11.1 Å². The fourth-order valence-electron chi connectivity index (χ4n) is 3.61. The molecule has 0 fully saturated rings. The molecule has 1 N–H and O–H groups in total. The van der Waals surface area contributed by atoms with Gasteiger partial charge in [-0.05, 0) is 36.1 Å². The molecule has 160 valence electrons. The molecule has 1 aliphatic rings. The lowest BCUT2D eigenvalue weighted by Gasteiger charge is -2.29. The average Bonchev–Trinajstić information content (AvgIpc) is 2.79. The number of amides is 1. The van der Waals surface area contributed by atoms with Crippen LogP contribution in [0.4, 0.5) is 0 Å². The minimum atomic E-state index is 0.228. The highest BCUT2D eigenvalue weighted by atomic mass is 16.5. The number of carbonyl (C=O) groups is 1. The number of fused-ring (bicyclic) bond motifs is 1. The monoisotopic (exact) mass is 408 g/mol. The van der Waals surface area contributed by atoms with Crippen LogP contribution in [0.15, 0.2) is 59.6 Å². The van der Waals surface area contributed by atoms with Crippen LogP contribution in [0.5, 0.6) is 5.75 Å². The fraction of sp³-hybridized carbons (Fsp3) is 0.417. The van der Waals surface area contributed by atoms with Crippen molar-refractivity contribution in [2.75, 3.05) is 40.3 Å². The van der Waals surface area contributed by atoms with Gasteiger partial charge in [0.15, 0.2) is 5.96 Å². The molecule has 0 saturated carbocycles. The van der Waals surface area contributed by atoms with Gasteiger partial charge < -0.3 is 19.9 Å². The predicted molar refractivity (Wildman–Crippen MR) is 121 cm³/mol. The second kappa shape index (κ2) is 11.2. The third-order valence-corrected chi connectivity index (χ3v) is 5.35. The summed E-state index contributed by atoms with van der Waals surface area (Å²) in [6, 6.07) is 18.2. The summed E-state index contributed by atoms with van der Waals surface area (Å²) >= 11 is 0. The number of nitrogens with zero attached hydrogens (tertiary/aromatic N) is 3. The standard InChI is InChI=1S/C24H32N4O2/c1-25-24(27(2)17-18-30-22-11-4-3-5-12-22)26-15-8-13-23(29)28-16-14-20-9-6-7-10-21(20)19-28/h3-7,9-12H,8,13-19H2,1-2H3,(H,25,26). The summed E-state index contributed by atoms with van der Waals surface area (Å²) < 4.78 is 5.75. The lowest BCUT2D eigenvalue weighted by molar-refractivity contribution is -0.132. The number of nitrogens with one attached hydrogen (secondary N) is 1. The summed E-state index contributed by atoms with van der Waals surface area (Å²) in [6.07, 6.45) is 2.28. The summed E-state index contributed by atoms with van der Waals surface area (Å²) in [7, 11) is 3.76. The van der Waals surface area contributed by atoms with Crippen molar-refractivity contribution in [3.63, 3.8) is 0 Å². The minimum absolute atomic E-state index is 0.228. The molecule has 0 atom stereocenters. The Morgan fingerprint density at radius 2 is 1.87 bits per heavy atom. The molecule has 1 amide bonds. The van der Waals surface area contributed by atoms with Crippen molar-refractivity contribution in [1.82, 2.24) is 15.1 Å². The van der Waals surface area contributed by atoms with Gasteiger partial charge in [0.1, 0.15) is 12.4 Å². The molecule has 0 unspecified atom stereocenters. The first-order valence-electron chi connectivity index (χ1n) is 10.6. The number of para-hydroxylation sites is 1. The van der Waals surface area contributed by atoms with E-state index in [0.717, 1.165) is 44.2 Å². The Hall–Kier alpha value is -3.02. The van der Waals surface area contributed by atoms with Gasteiger partial charge in [-0.1, -0.05) is 42.5 Å². The number of rotatable bonds is 8. The second-order valence-corrected chi connectivity index (χ2v) is 7.49. The predicted octanol–water partition coefficient (Wildman–Crippen LogP) is 2.94. The van der Waals surface area contributed by atoms with Crippen LogP contribution < -0.4 is 10.1 Å². The first-order chi connectivity index (χ1) is 14.7. The van der Waals surface area contributed by atoms with Crippen LogP contribution >= 0.6 is 0 Å². The Morgan fingerprint density at radius 1 is 1.13 bits per heavy atom. The molecule has 0 spiro atoms. The van der Waals surface area contributed by atoms with Crippen LogP contribution in [-0.4, -0.2) is 62.0 Å². The van der Waals surface area contributed by atoms with E-state index >= 15 is 0 Å². The van der Waals surface area contributed by atoms with Crippen molar-refractivity contribution in [2.45, 2.75) is 25.8 Å². The van der Waals surface area contributed by atoms with Gasteiger partial charge in [-0.2, -0.15) is 0 Å².